The number of benzene rings is 1. The van der Waals surface area contributed by atoms with E-state index >= 15 is 0 Å². The summed E-state index contributed by atoms with van der Waals surface area (Å²) in [5, 5.41) is 3.05. The monoisotopic (exact) mass is 385 g/mol. The van der Waals surface area contributed by atoms with Gasteiger partial charge >= 0.3 is 0 Å². The molecule has 5 heteroatoms. The van der Waals surface area contributed by atoms with Crippen LogP contribution in [-0.4, -0.2) is 53.3 Å². The van der Waals surface area contributed by atoms with E-state index in [1.165, 1.54) is 5.56 Å². The highest BCUT2D eigenvalue weighted by Crippen LogP contribution is 2.25. The third-order valence-corrected chi connectivity index (χ3v) is 6.25. The maximum atomic E-state index is 12.7. The minimum Gasteiger partial charge on any atom is -0.340 e. The minimum atomic E-state index is -0.166. The second-order valence-corrected chi connectivity index (χ2v) is 9.30. The van der Waals surface area contributed by atoms with E-state index in [1.54, 1.807) is 0 Å². The predicted octanol–water partition coefficient (Wildman–Crippen LogP) is 3.79. The van der Waals surface area contributed by atoms with Gasteiger partial charge in [0, 0.05) is 37.8 Å². The molecule has 1 unspecified atom stereocenters. The lowest BCUT2D eigenvalue weighted by Crippen LogP contribution is -2.52. The van der Waals surface area contributed by atoms with E-state index in [1.807, 2.05) is 19.1 Å². The number of anilines is 1. The summed E-state index contributed by atoms with van der Waals surface area (Å²) in [6.07, 6.45) is 4.78. The Hall–Kier alpha value is -1.88. The molecule has 28 heavy (non-hydrogen) atoms. The molecule has 2 heterocycles. The lowest BCUT2D eigenvalue weighted by Gasteiger charge is -2.41. The van der Waals surface area contributed by atoms with Crippen molar-refractivity contribution in [3.63, 3.8) is 0 Å². The van der Waals surface area contributed by atoms with Gasteiger partial charge in [0.15, 0.2) is 0 Å². The van der Waals surface area contributed by atoms with Crippen LogP contribution in [-0.2, 0) is 15.0 Å². The molecule has 2 saturated heterocycles. The summed E-state index contributed by atoms with van der Waals surface area (Å²) in [5.74, 6) is 0.352. The summed E-state index contributed by atoms with van der Waals surface area (Å²) in [7, 11) is 0. The maximum Gasteiger partial charge on any atom is 0.241 e. The molecule has 154 valence electrons. The van der Waals surface area contributed by atoms with E-state index in [-0.39, 0.29) is 17.4 Å². The average molecular weight is 386 g/mol. The Bertz CT molecular complexity index is 685. The molecule has 0 saturated carbocycles. The standard InChI is InChI=1S/C23H35N3O2/c1-17(22(28)24-19-10-8-18(9-11-19)23(2,3)4)25-15-12-20(13-16-25)26-14-6-5-7-21(26)27/h8-11,17,20H,5-7,12-16H2,1-4H3,(H,24,28). The Labute approximate surface area is 169 Å². The summed E-state index contributed by atoms with van der Waals surface area (Å²) in [4.78, 5) is 29.2. The highest BCUT2D eigenvalue weighted by Gasteiger charge is 2.32. The molecule has 1 aromatic carbocycles. The van der Waals surface area contributed by atoms with Gasteiger partial charge in [-0.2, -0.15) is 0 Å². The van der Waals surface area contributed by atoms with Gasteiger partial charge < -0.3 is 10.2 Å². The zero-order chi connectivity index (χ0) is 20.3. The van der Waals surface area contributed by atoms with E-state index in [0.29, 0.717) is 18.4 Å². The average Bonchev–Trinajstić information content (AvgIpc) is 2.67. The smallest absolute Gasteiger partial charge is 0.241 e. The van der Waals surface area contributed by atoms with Gasteiger partial charge in [-0.25, -0.2) is 0 Å². The molecule has 1 atom stereocenters. The summed E-state index contributed by atoms with van der Waals surface area (Å²) in [6, 6.07) is 8.33. The van der Waals surface area contributed by atoms with E-state index in [0.717, 1.165) is 51.0 Å². The fourth-order valence-electron chi connectivity index (χ4n) is 4.26. The molecular weight excluding hydrogens is 350 g/mol. The number of hydrogen-bond acceptors (Lipinski definition) is 3. The maximum absolute atomic E-state index is 12.7. The molecule has 0 aromatic heterocycles. The summed E-state index contributed by atoms with van der Waals surface area (Å²) >= 11 is 0. The Morgan fingerprint density at radius 2 is 1.71 bits per heavy atom. The number of piperidine rings is 2. The first-order chi connectivity index (χ1) is 13.3. The Balaban J connectivity index is 1.51. The van der Waals surface area contributed by atoms with Gasteiger partial charge in [0.1, 0.15) is 0 Å². The van der Waals surface area contributed by atoms with Gasteiger partial charge in [0.05, 0.1) is 6.04 Å². The molecule has 0 aliphatic carbocycles. The van der Waals surface area contributed by atoms with Gasteiger partial charge in [-0.3, -0.25) is 14.5 Å². The molecule has 1 N–H and O–H groups in total. The number of hydrogen-bond donors (Lipinski definition) is 1. The topological polar surface area (TPSA) is 52.7 Å². The van der Waals surface area contributed by atoms with Crippen molar-refractivity contribution >= 4 is 17.5 Å². The van der Waals surface area contributed by atoms with Crippen molar-refractivity contribution in [3.05, 3.63) is 29.8 Å². The molecular formula is C23H35N3O2. The first-order valence-electron chi connectivity index (χ1n) is 10.7. The van der Waals surface area contributed by atoms with Crippen molar-refractivity contribution in [3.8, 4) is 0 Å². The minimum absolute atomic E-state index is 0.0380. The normalized spacial score (nSPS) is 20.9. The summed E-state index contributed by atoms with van der Waals surface area (Å²) in [5.41, 5.74) is 2.21. The van der Waals surface area contributed by atoms with E-state index < -0.39 is 0 Å². The van der Waals surface area contributed by atoms with E-state index in [9.17, 15) is 9.59 Å². The molecule has 2 aliphatic heterocycles. The Morgan fingerprint density at radius 1 is 1.07 bits per heavy atom. The molecule has 2 aliphatic rings. The third-order valence-electron chi connectivity index (χ3n) is 6.25. The SMILES string of the molecule is CC(C(=O)Nc1ccc(C(C)(C)C)cc1)N1CCC(N2CCCCC2=O)CC1. The number of likely N-dealkylation sites (tertiary alicyclic amines) is 2. The largest absolute Gasteiger partial charge is 0.340 e. The number of amides is 2. The van der Waals surface area contributed by atoms with Crippen molar-refractivity contribution < 1.29 is 9.59 Å². The van der Waals surface area contributed by atoms with Crippen molar-refractivity contribution in [1.29, 1.82) is 0 Å². The van der Waals surface area contributed by atoms with Gasteiger partial charge in [-0.05, 0) is 55.7 Å². The van der Waals surface area contributed by atoms with Crippen LogP contribution in [0.4, 0.5) is 5.69 Å². The van der Waals surface area contributed by atoms with Gasteiger partial charge in [0.2, 0.25) is 11.8 Å². The van der Waals surface area contributed by atoms with Crippen LogP contribution >= 0.6 is 0 Å². The fourth-order valence-corrected chi connectivity index (χ4v) is 4.26. The number of rotatable bonds is 4. The van der Waals surface area contributed by atoms with Crippen LogP contribution in [0, 0.1) is 0 Å². The van der Waals surface area contributed by atoms with Crippen molar-refractivity contribution in [2.75, 3.05) is 25.0 Å². The van der Waals surface area contributed by atoms with Crippen LogP contribution in [0.2, 0.25) is 0 Å². The van der Waals surface area contributed by atoms with E-state index in [2.05, 4.69) is 48.0 Å². The highest BCUT2D eigenvalue weighted by atomic mass is 16.2. The van der Waals surface area contributed by atoms with Crippen molar-refractivity contribution in [2.24, 2.45) is 0 Å². The Morgan fingerprint density at radius 3 is 2.29 bits per heavy atom. The highest BCUT2D eigenvalue weighted by molar-refractivity contribution is 5.94. The van der Waals surface area contributed by atoms with Crippen molar-refractivity contribution in [1.82, 2.24) is 9.80 Å². The molecule has 0 bridgehead atoms. The zero-order valence-electron chi connectivity index (χ0n) is 17.8. The zero-order valence-corrected chi connectivity index (χ0v) is 17.8. The molecule has 2 amide bonds. The lowest BCUT2D eigenvalue weighted by atomic mass is 9.87. The van der Waals surface area contributed by atoms with Crippen molar-refractivity contribution in [2.45, 2.75) is 77.3 Å². The fraction of sp³-hybridized carbons (Fsp3) is 0.652. The molecule has 5 nitrogen and oxygen atoms in total. The van der Waals surface area contributed by atoms with Crippen LogP contribution in [0.3, 0.4) is 0 Å². The number of nitrogens with one attached hydrogen (secondary N) is 1. The third kappa shape index (κ3) is 4.93. The molecule has 3 rings (SSSR count). The molecule has 0 radical (unpaired) electrons. The summed E-state index contributed by atoms with van der Waals surface area (Å²) in [6.45, 7) is 11.2. The second-order valence-electron chi connectivity index (χ2n) is 9.30. The lowest BCUT2D eigenvalue weighted by molar-refractivity contribution is -0.137. The van der Waals surface area contributed by atoms with Gasteiger partial charge in [0.25, 0.3) is 0 Å². The van der Waals surface area contributed by atoms with Crippen LogP contribution in [0.15, 0.2) is 24.3 Å². The number of carbonyl (C=O) groups is 2. The second kappa shape index (κ2) is 8.64. The number of nitrogens with zero attached hydrogens (tertiary/aromatic N) is 2. The molecule has 0 spiro atoms. The van der Waals surface area contributed by atoms with Gasteiger partial charge in [-0.1, -0.05) is 32.9 Å². The quantitative estimate of drug-likeness (QED) is 0.858. The van der Waals surface area contributed by atoms with Crippen LogP contribution in [0.25, 0.3) is 0 Å². The Kier molecular flexibility index (Phi) is 6.43. The van der Waals surface area contributed by atoms with Crippen LogP contribution < -0.4 is 5.32 Å². The molecule has 2 fully saturated rings. The first-order valence-corrected chi connectivity index (χ1v) is 10.7. The summed E-state index contributed by atoms with van der Waals surface area (Å²) < 4.78 is 0. The van der Waals surface area contributed by atoms with E-state index in [4.69, 9.17) is 0 Å². The van der Waals surface area contributed by atoms with Crippen LogP contribution in [0.1, 0.15) is 65.4 Å². The predicted molar refractivity (Wildman–Crippen MR) is 113 cm³/mol. The first kappa shape index (κ1) is 20.8. The molecule has 1 aromatic rings. The van der Waals surface area contributed by atoms with Crippen LogP contribution in [0.5, 0.6) is 0 Å². The number of carbonyl (C=O) groups excluding carboxylic acids is 2. The van der Waals surface area contributed by atoms with Gasteiger partial charge in [-0.15, -0.1) is 0 Å².